The van der Waals surface area contributed by atoms with E-state index in [1.54, 1.807) is 13.0 Å². The molecule has 2 N–H and O–H groups in total. The predicted molar refractivity (Wildman–Crippen MR) is 128 cm³/mol. The van der Waals surface area contributed by atoms with Gasteiger partial charge in [0.25, 0.3) is 5.78 Å². The van der Waals surface area contributed by atoms with Gasteiger partial charge in [0.15, 0.2) is 5.76 Å². The molecule has 0 bridgehead atoms. The van der Waals surface area contributed by atoms with Gasteiger partial charge in [-0.05, 0) is 94.5 Å². The molecule has 1 aliphatic heterocycles. The Kier molecular flexibility index (Phi) is 6.07. The number of hydrogen-bond donors (Lipinski definition) is 2. The molecule has 3 fully saturated rings. The minimum atomic E-state index is -0.974. The van der Waals surface area contributed by atoms with Crippen LogP contribution in [0.15, 0.2) is 23.5 Å². The van der Waals surface area contributed by atoms with Crippen molar-refractivity contribution < 1.29 is 29.2 Å². The maximum absolute atomic E-state index is 12.6. The Labute approximate surface area is 203 Å². The average Bonchev–Trinajstić information content (AvgIpc) is 3.08. The first-order chi connectivity index (χ1) is 16.0. The minimum Gasteiger partial charge on any atom is -0.493 e. The van der Waals surface area contributed by atoms with Crippen LogP contribution >= 0.6 is 0 Å². The molecular weight excluding hydrogens is 432 g/mol. The molecule has 6 nitrogen and oxygen atoms in total. The SMILES string of the molecule is COC1=C[C@@H](C)O[C@H](O[C@H]2CC[C@@]3(C)C(=CC[C@@H]4[C@@H]3CC[C@@]3(C)[C@H]4CC[C@]3(O)[C@H](C)O)C2)C1=O. The molecule has 5 aliphatic rings. The standard InChI is InChI=1S/C28H42O6/c1-16-14-23(32-5)24(30)25(33-16)34-19-8-11-26(3)18(15-19)6-7-20-21(26)9-12-27(4)22(20)10-13-28(27,31)17(2)29/h6,14,16-17,19-22,25,29,31H,7-13,15H2,1-5H3/t16-,17+,19+,20-,21+,22+,25-,26+,27+,28+/m1/s1. The second-order valence-electron chi connectivity index (χ2n) is 12.1. The zero-order valence-corrected chi connectivity index (χ0v) is 21.4. The van der Waals surface area contributed by atoms with Gasteiger partial charge < -0.3 is 24.4 Å². The largest absolute Gasteiger partial charge is 0.493 e. The summed E-state index contributed by atoms with van der Waals surface area (Å²) in [6, 6.07) is 0. The molecule has 0 spiro atoms. The van der Waals surface area contributed by atoms with E-state index in [-0.39, 0.29) is 28.8 Å². The lowest BCUT2D eigenvalue weighted by Crippen LogP contribution is -2.58. The van der Waals surface area contributed by atoms with E-state index in [0.717, 1.165) is 44.9 Å². The van der Waals surface area contributed by atoms with Crippen LogP contribution in [0.25, 0.3) is 0 Å². The Morgan fingerprint density at radius 2 is 1.88 bits per heavy atom. The van der Waals surface area contributed by atoms with Gasteiger partial charge >= 0.3 is 0 Å². The van der Waals surface area contributed by atoms with Crippen molar-refractivity contribution in [1.29, 1.82) is 0 Å². The third kappa shape index (κ3) is 3.47. The number of ether oxygens (including phenoxy) is 3. The number of carbonyl (C=O) groups excluding carboxylic acids is 1. The number of fused-ring (bicyclic) bond motifs is 5. The van der Waals surface area contributed by atoms with Crippen LogP contribution in [-0.2, 0) is 19.0 Å². The summed E-state index contributed by atoms with van der Waals surface area (Å²) < 4.78 is 17.2. The second kappa shape index (κ2) is 8.43. The highest BCUT2D eigenvalue weighted by molar-refractivity contribution is 5.96. The fraction of sp³-hybridized carbons (Fsp3) is 0.821. The van der Waals surface area contributed by atoms with Crippen molar-refractivity contribution in [3.05, 3.63) is 23.5 Å². The monoisotopic (exact) mass is 474 g/mol. The number of allylic oxidation sites excluding steroid dienone is 1. The van der Waals surface area contributed by atoms with Crippen LogP contribution < -0.4 is 0 Å². The van der Waals surface area contributed by atoms with Crippen molar-refractivity contribution in [1.82, 2.24) is 0 Å². The number of Topliss-reactive ketones (excluding diaryl/α,β-unsaturated/α-hetero) is 1. The minimum absolute atomic E-state index is 0.0334. The molecule has 10 atom stereocenters. The highest BCUT2D eigenvalue weighted by Crippen LogP contribution is 2.67. The van der Waals surface area contributed by atoms with Crippen LogP contribution in [0.5, 0.6) is 0 Å². The summed E-state index contributed by atoms with van der Waals surface area (Å²) in [6.45, 7) is 8.31. The summed E-state index contributed by atoms with van der Waals surface area (Å²) in [5, 5.41) is 21.9. The number of hydrogen-bond acceptors (Lipinski definition) is 6. The van der Waals surface area contributed by atoms with Gasteiger partial charge in [-0.15, -0.1) is 0 Å². The molecule has 5 rings (SSSR count). The first kappa shape index (κ1) is 24.5. The maximum atomic E-state index is 12.6. The van der Waals surface area contributed by atoms with E-state index in [1.807, 2.05) is 6.92 Å². The molecule has 0 amide bonds. The van der Waals surface area contributed by atoms with Crippen molar-refractivity contribution >= 4 is 5.78 Å². The van der Waals surface area contributed by atoms with Gasteiger partial charge in [0, 0.05) is 5.41 Å². The van der Waals surface area contributed by atoms with Gasteiger partial charge in [0.2, 0.25) is 6.29 Å². The molecule has 1 heterocycles. The average molecular weight is 475 g/mol. The van der Waals surface area contributed by atoms with Crippen molar-refractivity contribution in [3.63, 3.8) is 0 Å². The summed E-state index contributed by atoms with van der Waals surface area (Å²) >= 11 is 0. The smallest absolute Gasteiger partial charge is 0.252 e. The van der Waals surface area contributed by atoms with Crippen molar-refractivity contribution in [2.45, 2.75) is 109 Å². The molecule has 6 heteroatoms. The Balaban J connectivity index is 1.32. The van der Waals surface area contributed by atoms with Crippen LogP contribution in [0.1, 0.15) is 79.1 Å². The van der Waals surface area contributed by atoms with Gasteiger partial charge in [-0.25, -0.2) is 0 Å². The summed E-state index contributed by atoms with van der Waals surface area (Å²) in [4.78, 5) is 12.6. The normalized spacial score (nSPS) is 49.3. The topological polar surface area (TPSA) is 85.2 Å². The lowest BCUT2D eigenvalue weighted by Gasteiger charge is -2.59. The quantitative estimate of drug-likeness (QED) is 0.591. The molecule has 0 saturated heterocycles. The summed E-state index contributed by atoms with van der Waals surface area (Å²) in [5.74, 6) is 1.69. The van der Waals surface area contributed by atoms with Crippen molar-refractivity contribution in [3.8, 4) is 0 Å². The Morgan fingerprint density at radius 1 is 1.15 bits per heavy atom. The molecule has 4 aliphatic carbocycles. The highest BCUT2D eigenvalue weighted by atomic mass is 16.7. The molecular formula is C28H42O6. The number of ketones is 1. The van der Waals surface area contributed by atoms with Gasteiger partial charge in [-0.1, -0.05) is 25.5 Å². The first-order valence-corrected chi connectivity index (χ1v) is 13.2. The third-order valence-corrected chi connectivity index (χ3v) is 10.7. The molecule has 0 aromatic carbocycles. The fourth-order valence-electron chi connectivity index (χ4n) is 8.63. The van der Waals surface area contributed by atoms with Crippen LogP contribution in [0.4, 0.5) is 0 Å². The van der Waals surface area contributed by atoms with Gasteiger partial charge in [0.05, 0.1) is 31.0 Å². The predicted octanol–water partition coefficient (Wildman–Crippen LogP) is 4.29. The third-order valence-electron chi connectivity index (χ3n) is 10.7. The molecule has 34 heavy (non-hydrogen) atoms. The zero-order chi connectivity index (χ0) is 24.5. The lowest BCUT2D eigenvalue weighted by atomic mass is 9.46. The Bertz CT molecular complexity index is 893. The van der Waals surface area contributed by atoms with E-state index in [2.05, 4.69) is 19.9 Å². The Morgan fingerprint density at radius 3 is 2.59 bits per heavy atom. The summed E-state index contributed by atoms with van der Waals surface area (Å²) in [5.41, 5.74) is 0.416. The van der Waals surface area contributed by atoms with E-state index in [4.69, 9.17) is 14.2 Å². The van der Waals surface area contributed by atoms with Crippen LogP contribution in [0.2, 0.25) is 0 Å². The van der Waals surface area contributed by atoms with Crippen LogP contribution in [0, 0.1) is 28.6 Å². The lowest BCUT2D eigenvalue weighted by molar-refractivity contribution is -0.200. The van der Waals surface area contributed by atoms with Crippen molar-refractivity contribution in [2.24, 2.45) is 28.6 Å². The molecule has 0 aromatic rings. The molecule has 190 valence electrons. The highest BCUT2D eigenvalue weighted by Gasteiger charge is 2.65. The summed E-state index contributed by atoms with van der Waals surface area (Å²) in [6.07, 6.45) is 9.87. The van der Waals surface area contributed by atoms with Crippen molar-refractivity contribution in [2.75, 3.05) is 7.11 Å². The maximum Gasteiger partial charge on any atom is 0.252 e. The van der Waals surface area contributed by atoms with Gasteiger partial charge in [-0.3, -0.25) is 4.79 Å². The van der Waals surface area contributed by atoms with E-state index in [0.29, 0.717) is 29.9 Å². The van der Waals surface area contributed by atoms with Gasteiger partial charge in [0.1, 0.15) is 0 Å². The fourth-order valence-corrected chi connectivity index (χ4v) is 8.63. The van der Waals surface area contributed by atoms with E-state index in [1.165, 1.54) is 12.7 Å². The number of methoxy groups -OCH3 is 1. The van der Waals surface area contributed by atoms with E-state index < -0.39 is 18.0 Å². The number of aliphatic hydroxyl groups is 2. The molecule has 0 aromatic heterocycles. The molecule has 0 unspecified atom stereocenters. The number of aliphatic hydroxyl groups excluding tert-OH is 1. The second-order valence-corrected chi connectivity index (χ2v) is 12.1. The molecule has 0 radical (unpaired) electrons. The zero-order valence-electron chi connectivity index (χ0n) is 21.4. The summed E-state index contributed by atoms with van der Waals surface area (Å²) in [7, 11) is 1.51. The number of carbonyl (C=O) groups is 1. The van der Waals surface area contributed by atoms with E-state index >= 15 is 0 Å². The van der Waals surface area contributed by atoms with Gasteiger partial charge in [-0.2, -0.15) is 0 Å². The molecule has 3 saturated carbocycles. The van der Waals surface area contributed by atoms with E-state index in [9.17, 15) is 15.0 Å². The van der Waals surface area contributed by atoms with Crippen LogP contribution in [-0.4, -0.2) is 53.3 Å². The first-order valence-electron chi connectivity index (χ1n) is 13.2. The van der Waals surface area contributed by atoms with Crippen LogP contribution in [0.3, 0.4) is 0 Å². The number of rotatable bonds is 4. The Hall–Kier alpha value is -1.21.